The van der Waals surface area contributed by atoms with Gasteiger partial charge in [0.25, 0.3) is 0 Å². The Labute approximate surface area is 99.9 Å². The molecule has 0 bridgehead atoms. The summed E-state index contributed by atoms with van der Waals surface area (Å²) in [5.41, 5.74) is 5.69. The molecule has 0 aliphatic rings. The fourth-order valence-corrected chi connectivity index (χ4v) is 1.70. The van der Waals surface area contributed by atoms with E-state index in [1.54, 1.807) is 6.92 Å². The Hall–Kier alpha value is -0.720. The van der Waals surface area contributed by atoms with E-state index in [4.69, 9.17) is 5.73 Å². The van der Waals surface area contributed by atoms with E-state index in [0.717, 1.165) is 0 Å². The molecule has 2 N–H and O–H groups in total. The van der Waals surface area contributed by atoms with Crippen LogP contribution in [0.15, 0.2) is 10.7 Å². The van der Waals surface area contributed by atoms with Crippen LogP contribution in [0.4, 0.5) is 19.0 Å². The second kappa shape index (κ2) is 5.07. The molecule has 1 aromatic rings. The number of nitrogens with zero attached hydrogens (tertiary/aromatic N) is 2. The van der Waals surface area contributed by atoms with Gasteiger partial charge in [0, 0.05) is 6.42 Å². The number of rotatable bonds is 4. The van der Waals surface area contributed by atoms with E-state index in [0.29, 0.717) is 16.7 Å². The summed E-state index contributed by atoms with van der Waals surface area (Å²) in [6.07, 6.45) is -2.83. The summed E-state index contributed by atoms with van der Waals surface area (Å²) in [6.45, 7) is 1.80. The van der Waals surface area contributed by atoms with Crippen molar-refractivity contribution in [2.45, 2.75) is 38.4 Å². The largest absolute Gasteiger partial charge is 0.389 e. The van der Waals surface area contributed by atoms with Crippen LogP contribution in [0.1, 0.15) is 32.2 Å². The van der Waals surface area contributed by atoms with Gasteiger partial charge in [0.15, 0.2) is 0 Å². The molecule has 1 atom stereocenters. The molecule has 16 heavy (non-hydrogen) atoms. The summed E-state index contributed by atoms with van der Waals surface area (Å²) < 4.78 is 38.0. The number of aromatic nitrogens is 2. The zero-order chi connectivity index (χ0) is 12.3. The highest BCUT2D eigenvalue weighted by atomic mass is 79.9. The van der Waals surface area contributed by atoms with Crippen molar-refractivity contribution in [1.82, 2.24) is 9.78 Å². The van der Waals surface area contributed by atoms with Crippen molar-refractivity contribution >= 4 is 21.7 Å². The van der Waals surface area contributed by atoms with Gasteiger partial charge in [0.05, 0.1) is 16.7 Å². The standard InChI is InChI=1S/C9H13BrF3N3/c1-6(3-2-4-9(11,12)13)16-8(14)7(10)5-15-16/h5-6H,2-4,14H2,1H3. The van der Waals surface area contributed by atoms with Crippen LogP contribution in [0.5, 0.6) is 0 Å². The Kier molecular flexibility index (Phi) is 4.23. The van der Waals surface area contributed by atoms with Gasteiger partial charge in [-0.25, -0.2) is 4.68 Å². The lowest BCUT2D eigenvalue weighted by molar-refractivity contribution is -0.135. The lowest BCUT2D eigenvalue weighted by Gasteiger charge is -2.14. The van der Waals surface area contributed by atoms with Crippen molar-refractivity contribution in [3.8, 4) is 0 Å². The molecule has 0 saturated carbocycles. The van der Waals surface area contributed by atoms with Crippen molar-refractivity contribution in [2.24, 2.45) is 0 Å². The van der Waals surface area contributed by atoms with Gasteiger partial charge in [-0.15, -0.1) is 0 Å². The zero-order valence-electron chi connectivity index (χ0n) is 8.76. The van der Waals surface area contributed by atoms with Gasteiger partial charge in [0.2, 0.25) is 0 Å². The average molecular weight is 300 g/mol. The van der Waals surface area contributed by atoms with E-state index in [1.807, 2.05) is 0 Å². The summed E-state index contributed by atoms with van der Waals surface area (Å²) in [4.78, 5) is 0. The number of alkyl halides is 3. The second-order valence-electron chi connectivity index (χ2n) is 3.68. The van der Waals surface area contributed by atoms with Crippen LogP contribution in [0.2, 0.25) is 0 Å². The van der Waals surface area contributed by atoms with E-state index in [1.165, 1.54) is 10.9 Å². The molecule has 1 heterocycles. The number of hydrogen-bond acceptors (Lipinski definition) is 2. The smallest absolute Gasteiger partial charge is 0.383 e. The van der Waals surface area contributed by atoms with E-state index in [9.17, 15) is 13.2 Å². The van der Waals surface area contributed by atoms with Crippen molar-refractivity contribution in [3.63, 3.8) is 0 Å². The normalized spacial score (nSPS) is 14.1. The Morgan fingerprint density at radius 2 is 2.19 bits per heavy atom. The molecule has 7 heteroatoms. The average Bonchev–Trinajstić information content (AvgIpc) is 2.45. The van der Waals surface area contributed by atoms with Gasteiger partial charge < -0.3 is 5.73 Å². The van der Waals surface area contributed by atoms with E-state index in [2.05, 4.69) is 21.0 Å². The van der Waals surface area contributed by atoms with Crippen LogP contribution in [0.3, 0.4) is 0 Å². The van der Waals surface area contributed by atoms with Crippen molar-refractivity contribution in [3.05, 3.63) is 10.7 Å². The predicted octanol–water partition coefficient (Wildman–Crippen LogP) is 3.52. The SMILES string of the molecule is CC(CCCC(F)(F)F)n1ncc(Br)c1N. The number of nitrogens with two attached hydrogens (primary N) is 1. The van der Waals surface area contributed by atoms with Crippen LogP contribution in [-0.4, -0.2) is 16.0 Å². The van der Waals surface area contributed by atoms with Crippen LogP contribution in [0, 0.1) is 0 Å². The van der Waals surface area contributed by atoms with Crippen LogP contribution in [0.25, 0.3) is 0 Å². The van der Waals surface area contributed by atoms with E-state index >= 15 is 0 Å². The first-order chi connectivity index (χ1) is 7.31. The van der Waals surface area contributed by atoms with Gasteiger partial charge >= 0.3 is 6.18 Å². The highest BCUT2D eigenvalue weighted by Gasteiger charge is 2.26. The van der Waals surface area contributed by atoms with Crippen molar-refractivity contribution in [1.29, 1.82) is 0 Å². The molecule has 0 radical (unpaired) electrons. The van der Waals surface area contributed by atoms with E-state index < -0.39 is 12.6 Å². The Bertz CT molecular complexity index is 348. The monoisotopic (exact) mass is 299 g/mol. The fourth-order valence-electron chi connectivity index (χ4n) is 1.42. The molecule has 3 nitrogen and oxygen atoms in total. The van der Waals surface area contributed by atoms with Gasteiger partial charge in [-0.3, -0.25) is 0 Å². The minimum atomic E-state index is -4.09. The molecular formula is C9H13BrF3N3. The molecule has 0 fully saturated rings. The number of anilines is 1. The summed E-state index contributed by atoms with van der Waals surface area (Å²) >= 11 is 3.20. The van der Waals surface area contributed by atoms with Crippen LogP contribution >= 0.6 is 15.9 Å². The lowest BCUT2D eigenvalue weighted by Crippen LogP contribution is -2.12. The third kappa shape index (κ3) is 3.70. The fraction of sp³-hybridized carbons (Fsp3) is 0.667. The molecule has 0 aromatic carbocycles. The Morgan fingerprint density at radius 1 is 1.56 bits per heavy atom. The molecule has 0 spiro atoms. The number of halogens is 4. The first kappa shape index (κ1) is 13.3. The molecule has 0 saturated heterocycles. The maximum Gasteiger partial charge on any atom is 0.389 e. The van der Waals surface area contributed by atoms with Crippen LogP contribution < -0.4 is 5.73 Å². The van der Waals surface area contributed by atoms with Gasteiger partial charge in [-0.1, -0.05) is 0 Å². The predicted molar refractivity (Wildman–Crippen MR) is 59.0 cm³/mol. The highest BCUT2D eigenvalue weighted by Crippen LogP contribution is 2.27. The molecule has 1 unspecified atom stereocenters. The van der Waals surface area contributed by atoms with Gasteiger partial charge in [0.1, 0.15) is 5.82 Å². The molecule has 0 aliphatic carbocycles. The minimum Gasteiger partial charge on any atom is -0.383 e. The molecule has 0 aliphatic heterocycles. The quantitative estimate of drug-likeness (QED) is 0.924. The number of nitrogen functional groups attached to an aromatic ring is 1. The van der Waals surface area contributed by atoms with E-state index in [-0.39, 0.29) is 12.5 Å². The Balaban J connectivity index is 2.47. The first-order valence-electron chi connectivity index (χ1n) is 4.86. The summed E-state index contributed by atoms with van der Waals surface area (Å²) in [5.74, 6) is 0.444. The highest BCUT2D eigenvalue weighted by molar-refractivity contribution is 9.10. The van der Waals surface area contributed by atoms with Gasteiger partial charge in [-0.2, -0.15) is 18.3 Å². The van der Waals surface area contributed by atoms with Crippen LogP contribution in [-0.2, 0) is 0 Å². The summed E-state index contributed by atoms with van der Waals surface area (Å²) in [5, 5.41) is 3.99. The summed E-state index contributed by atoms with van der Waals surface area (Å²) in [7, 11) is 0. The maximum absolute atomic E-state index is 11.9. The van der Waals surface area contributed by atoms with Crippen molar-refractivity contribution < 1.29 is 13.2 Å². The van der Waals surface area contributed by atoms with Gasteiger partial charge in [-0.05, 0) is 35.7 Å². The lowest BCUT2D eigenvalue weighted by atomic mass is 10.1. The maximum atomic E-state index is 11.9. The third-order valence-electron chi connectivity index (χ3n) is 2.29. The third-order valence-corrected chi connectivity index (χ3v) is 2.90. The van der Waals surface area contributed by atoms with Crippen molar-refractivity contribution in [2.75, 3.05) is 5.73 Å². The molecular weight excluding hydrogens is 287 g/mol. The molecule has 1 rings (SSSR count). The first-order valence-corrected chi connectivity index (χ1v) is 5.66. The second-order valence-corrected chi connectivity index (χ2v) is 4.53. The zero-order valence-corrected chi connectivity index (χ0v) is 10.3. The molecule has 0 amide bonds. The molecule has 92 valence electrons. The number of hydrogen-bond donors (Lipinski definition) is 1. The Morgan fingerprint density at radius 3 is 2.62 bits per heavy atom. The summed E-state index contributed by atoms with van der Waals surface area (Å²) in [6, 6.07) is -0.131. The minimum absolute atomic E-state index is 0.0849. The topological polar surface area (TPSA) is 43.8 Å². The molecule has 1 aromatic heterocycles.